The summed E-state index contributed by atoms with van der Waals surface area (Å²) in [5.41, 5.74) is 6.37. The summed E-state index contributed by atoms with van der Waals surface area (Å²) in [6.07, 6.45) is 4.32. The fourth-order valence-corrected chi connectivity index (χ4v) is 2.03. The van der Waals surface area contributed by atoms with Crippen molar-refractivity contribution in [3.05, 3.63) is 42.7 Å². The van der Waals surface area contributed by atoms with Crippen LogP contribution in [-0.2, 0) is 11.3 Å². The number of nitrogens with one attached hydrogen (secondary N) is 1. The topological polar surface area (TPSA) is 72.9 Å². The summed E-state index contributed by atoms with van der Waals surface area (Å²) in [7, 11) is 1.74. The van der Waals surface area contributed by atoms with Crippen molar-refractivity contribution in [2.75, 3.05) is 7.05 Å². The Kier molecular flexibility index (Phi) is 4.30. The van der Waals surface area contributed by atoms with Crippen LogP contribution in [0, 0.1) is 0 Å². The average Bonchev–Trinajstić information content (AvgIpc) is 2.88. The molecule has 19 heavy (non-hydrogen) atoms. The maximum Gasteiger partial charge on any atom is 0.234 e. The van der Waals surface area contributed by atoms with Crippen molar-refractivity contribution in [2.45, 2.75) is 19.0 Å². The first-order valence-corrected chi connectivity index (χ1v) is 6.25. The molecule has 1 aromatic carbocycles. The Balaban J connectivity index is 2.11. The van der Waals surface area contributed by atoms with Gasteiger partial charge in [0.25, 0.3) is 0 Å². The molecule has 0 aliphatic carbocycles. The Morgan fingerprint density at radius 2 is 2.16 bits per heavy atom. The molecule has 0 aliphatic heterocycles. The summed E-state index contributed by atoms with van der Waals surface area (Å²) in [6, 6.07) is 9.65. The van der Waals surface area contributed by atoms with Crippen molar-refractivity contribution in [3.8, 4) is 11.4 Å². The molecule has 5 nitrogen and oxygen atoms in total. The lowest BCUT2D eigenvalue weighted by Crippen LogP contribution is -2.39. The molecule has 0 fully saturated rings. The quantitative estimate of drug-likeness (QED) is 0.812. The minimum atomic E-state index is -0.330. The lowest BCUT2D eigenvalue weighted by Gasteiger charge is -2.13. The summed E-state index contributed by atoms with van der Waals surface area (Å²) in [5, 5.41) is 2.91. The van der Waals surface area contributed by atoms with E-state index in [9.17, 15) is 4.79 Å². The molecule has 0 bridgehead atoms. The molecular weight excluding hydrogens is 240 g/mol. The zero-order chi connectivity index (χ0) is 13.7. The van der Waals surface area contributed by atoms with Gasteiger partial charge in [-0.1, -0.05) is 30.3 Å². The summed E-state index contributed by atoms with van der Waals surface area (Å²) in [6.45, 7) is 0.693. The van der Waals surface area contributed by atoms with Gasteiger partial charge in [-0.25, -0.2) is 4.98 Å². The number of rotatable bonds is 6. The third-order valence-electron chi connectivity index (χ3n) is 3.10. The molecule has 100 valence electrons. The van der Waals surface area contributed by atoms with Crippen LogP contribution in [0.25, 0.3) is 11.4 Å². The van der Waals surface area contributed by atoms with E-state index in [4.69, 9.17) is 5.73 Å². The van der Waals surface area contributed by atoms with Crippen molar-refractivity contribution in [1.29, 1.82) is 0 Å². The maximum atomic E-state index is 11.2. The van der Waals surface area contributed by atoms with Crippen molar-refractivity contribution < 1.29 is 4.79 Å². The van der Waals surface area contributed by atoms with Crippen LogP contribution in [-0.4, -0.2) is 28.5 Å². The number of hydrogen-bond donors (Lipinski definition) is 2. The second-order valence-corrected chi connectivity index (χ2v) is 4.34. The lowest BCUT2D eigenvalue weighted by molar-refractivity contribution is -0.120. The fourth-order valence-electron chi connectivity index (χ4n) is 2.03. The molecule has 2 aromatic rings. The van der Waals surface area contributed by atoms with Crippen LogP contribution < -0.4 is 11.1 Å². The predicted octanol–water partition coefficient (Wildman–Crippen LogP) is 1.01. The molecule has 0 saturated heterocycles. The van der Waals surface area contributed by atoms with Gasteiger partial charge >= 0.3 is 0 Å². The van der Waals surface area contributed by atoms with Gasteiger partial charge in [-0.05, 0) is 13.5 Å². The highest BCUT2D eigenvalue weighted by Crippen LogP contribution is 2.17. The highest BCUT2D eigenvalue weighted by atomic mass is 16.1. The van der Waals surface area contributed by atoms with Gasteiger partial charge in [-0.3, -0.25) is 4.79 Å². The Labute approximate surface area is 112 Å². The highest BCUT2D eigenvalue weighted by Gasteiger charge is 2.13. The Morgan fingerprint density at radius 3 is 2.79 bits per heavy atom. The lowest BCUT2D eigenvalue weighted by atomic mass is 10.2. The summed E-state index contributed by atoms with van der Waals surface area (Å²) in [4.78, 5) is 15.5. The van der Waals surface area contributed by atoms with Gasteiger partial charge in [0.2, 0.25) is 5.91 Å². The van der Waals surface area contributed by atoms with E-state index >= 15 is 0 Å². The molecule has 2 rings (SSSR count). The van der Waals surface area contributed by atoms with Crippen LogP contribution in [0.3, 0.4) is 0 Å². The molecule has 0 spiro atoms. The normalized spacial score (nSPS) is 12.3. The number of aryl methyl sites for hydroxylation is 1. The van der Waals surface area contributed by atoms with Crippen LogP contribution in [0.2, 0.25) is 0 Å². The third kappa shape index (κ3) is 3.20. The Bertz CT molecular complexity index is 535. The predicted molar refractivity (Wildman–Crippen MR) is 74.3 cm³/mol. The van der Waals surface area contributed by atoms with Crippen molar-refractivity contribution in [1.82, 2.24) is 14.9 Å². The zero-order valence-corrected chi connectivity index (χ0v) is 10.9. The highest BCUT2D eigenvalue weighted by molar-refractivity contribution is 5.79. The zero-order valence-electron chi connectivity index (χ0n) is 10.9. The molecule has 0 radical (unpaired) electrons. The molecule has 1 unspecified atom stereocenters. The van der Waals surface area contributed by atoms with Crippen molar-refractivity contribution in [3.63, 3.8) is 0 Å². The molecule has 5 heteroatoms. The molecule has 0 saturated carbocycles. The van der Waals surface area contributed by atoms with Crippen LogP contribution in [0.1, 0.15) is 6.42 Å². The largest absolute Gasteiger partial charge is 0.368 e. The number of imidazole rings is 1. The van der Waals surface area contributed by atoms with Crippen molar-refractivity contribution >= 4 is 5.91 Å². The second kappa shape index (κ2) is 6.15. The van der Waals surface area contributed by atoms with Gasteiger partial charge < -0.3 is 15.6 Å². The van der Waals surface area contributed by atoms with Gasteiger partial charge in [-0.15, -0.1) is 0 Å². The summed E-state index contributed by atoms with van der Waals surface area (Å²) in [5.74, 6) is 0.573. The minimum absolute atomic E-state index is 0.314. The van der Waals surface area contributed by atoms with E-state index in [-0.39, 0.29) is 11.9 Å². The fraction of sp³-hybridized carbons (Fsp3) is 0.286. The number of amides is 1. The van der Waals surface area contributed by atoms with Crippen molar-refractivity contribution in [2.24, 2.45) is 5.73 Å². The van der Waals surface area contributed by atoms with E-state index in [1.54, 1.807) is 13.2 Å². The monoisotopic (exact) mass is 258 g/mol. The van der Waals surface area contributed by atoms with E-state index in [1.165, 1.54) is 0 Å². The van der Waals surface area contributed by atoms with Crippen LogP contribution in [0.4, 0.5) is 0 Å². The van der Waals surface area contributed by atoms with Crippen LogP contribution >= 0.6 is 0 Å². The smallest absolute Gasteiger partial charge is 0.234 e. The average molecular weight is 258 g/mol. The van der Waals surface area contributed by atoms with E-state index < -0.39 is 0 Å². The number of nitrogens with zero attached hydrogens (tertiary/aromatic N) is 2. The first-order valence-electron chi connectivity index (χ1n) is 6.25. The number of benzene rings is 1. The number of hydrogen-bond acceptors (Lipinski definition) is 3. The van der Waals surface area contributed by atoms with E-state index in [1.807, 2.05) is 41.1 Å². The van der Waals surface area contributed by atoms with Gasteiger partial charge in [0, 0.05) is 24.5 Å². The number of carbonyl (C=O) groups excluding carboxylic acids is 1. The SMILES string of the molecule is CNC(CCn1ccnc1-c1ccccc1)C(N)=O. The number of primary amides is 1. The summed E-state index contributed by atoms with van der Waals surface area (Å²) >= 11 is 0. The van der Waals surface area contributed by atoms with E-state index in [0.717, 1.165) is 11.4 Å². The van der Waals surface area contributed by atoms with E-state index in [0.29, 0.717) is 13.0 Å². The number of aromatic nitrogens is 2. The molecule has 1 aromatic heterocycles. The van der Waals surface area contributed by atoms with Gasteiger partial charge in [0.1, 0.15) is 5.82 Å². The maximum absolute atomic E-state index is 11.2. The molecular formula is C14H18N4O. The molecule has 3 N–H and O–H groups in total. The van der Waals surface area contributed by atoms with E-state index in [2.05, 4.69) is 10.3 Å². The summed E-state index contributed by atoms with van der Waals surface area (Å²) < 4.78 is 2.03. The van der Waals surface area contributed by atoms with Crippen LogP contribution in [0.5, 0.6) is 0 Å². The number of likely N-dealkylation sites (N-methyl/N-ethyl adjacent to an activating group) is 1. The third-order valence-corrected chi connectivity index (χ3v) is 3.10. The van der Waals surface area contributed by atoms with Gasteiger partial charge in [0.15, 0.2) is 0 Å². The minimum Gasteiger partial charge on any atom is -0.368 e. The molecule has 1 atom stereocenters. The number of carbonyl (C=O) groups is 1. The van der Waals surface area contributed by atoms with Gasteiger partial charge in [-0.2, -0.15) is 0 Å². The molecule has 0 aliphatic rings. The van der Waals surface area contributed by atoms with Gasteiger partial charge in [0.05, 0.1) is 6.04 Å². The number of nitrogens with two attached hydrogens (primary N) is 1. The standard InChI is InChI=1S/C14H18N4O/c1-16-12(13(15)19)7-9-18-10-8-17-14(18)11-5-3-2-4-6-11/h2-6,8,10,12,16H,7,9H2,1H3,(H2,15,19). The molecule has 1 heterocycles. The Morgan fingerprint density at radius 1 is 1.42 bits per heavy atom. The second-order valence-electron chi connectivity index (χ2n) is 4.34. The van der Waals surface area contributed by atoms with Crippen LogP contribution in [0.15, 0.2) is 42.7 Å². The molecule has 1 amide bonds. The Hall–Kier alpha value is -2.14. The first kappa shape index (κ1) is 13.3. The first-order chi connectivity index (χ1) is 9.22.